The molecule has 0 aliphatic carbocycles. The number of aromatic hydroxyl groups is 1. The van der Waals surface area contributed by atoms with Crippen LogP contribution >= 0.6 is 0 Å². The lowest BCUT2D eigenvalue weighted by molar-refractivity contribution is 0.0526. The molecule has 0 bridgehead atoms. The van der Waals surface area contributed by atoms with Crippen LogP contribution in [-0.4, -0.2) is 70.3 Å². The normalized spacial score (nSPS) is 14.4. The maximum atomic E-state index is 12.1. The summed E-state index contributed by atoms with van der Waals surface area (Å²) >= 11 is 0. The Morgan fingerprint density at radius 1 is 1.16 bits per heavy atom. The SMILES string of the molecule is CCOC(=O)c1cc(-c2ccnc(Nc3cc(N4CCN(C)CC4)ccc3O)n2)n(C)c1. The second-order valence-electron chi connectivity index (χ2n) is 7.83. The van der Waals surface area contributed by atoms with Crippen molar-refractivity contribution in [1.29, 1.82) is 0 Å². The number of phenolic OH excluding ortho intramolecular Hbond substituents is 1. The van der Waals surface area contributed by atoms with E-state index >= 15 is 0 Å². The number of benzene rings is 1. The second kappa shape index (κ2) is 9.27. The number of anilines is 3. The largest absolute Gasteiger partial charge is 0.506 e. The fourth-order valence-electron chi connectivity index (χ4n) is 3.71. The van der Waals surface area contributed by atoms with E-state index in [1.54, 1.807) is 37.5 Å². The van der Waals surface area contributed by atoms with Crippen LogP contribution in [-0.2, 0) is 11.8 Å². The molecule has 3 aromatic rings. The third-order valence-corrected chi connectivity index (χ3v) is 5.53. The van der Waals surface area contributed by atoms with Crippen molar-refractivity contribution in [3.05, 3.63) is 48.3 Å². The first-order valence-electron chi connectivity index (χ1n) is 10.6. The van der Waals surface area contributed by atoms with Crippen LogP contribution in [0.1, 0.15) is 17.3 Å². The summed E-state index contributed by atoms with van der Waals surface area (Å²) in [5.41, 5.74) is 3.45. The molecule has 9 nitrogen and oxygen atoms in total. The summed E-state index contributed by atoms with van der Waals surface area (Å²) in [7, 11) is 3.96. The van der Waals surface area contributed by atoms with Crippen LogP contribution in [0.4, 0.5) is 17.3 Å². The predicted molar refractivity (Wildman–Crippen MR) is 123 cm³/mol. The Hall–Kier alpha value is -3.59. The number of carbonyl (C=O) groups is 1. The summed E-state index contributed by atoms with van der Waals surface area (Å²) in [5, 5.41) is 13.5. The van der Waals surface area contributed by atoms with Gasteiger partial charge in [0.1, 0.15) is 5.75 Å². The first kappa shape index (κ1) is 21.6. The number of rotatable bonds is 6. The third kappa shape index (κ3) is 4.67. The van der Waals surface area contributed by atoms with Crippen LogP contribution in [0.3, 0.4) is 0 Å². The first-order valence-corrected chi connectivity index (χ1v) is 10.6. The fraction of sp³-hybridized carbons (Fsp3) is 0.348. The van der Waals surface area contributed by atoms with E-state index in [1.807, 2.05) is 23.7 Å². The van der Waals surface area contributed by atoms with Gasteiger partial charge in [0.25, 0.3) is 0 Å². The first-order chi connectivity index (χ1) is 15.4. The molecule has 0 saturated carbocycles. The van der Waals surface area contributed by atoms with Gasteiger partial charge in [0.05, 0.1) is 29.2 Å². The van der Waals surface area contributed by atoms with Gasteiger partial charge in [-0.3, -0.25) is 0 Å². The van der Waals surface area contributed by atoms with Gasteiger partial charge in [-0.2, -0.15) is 0 Å². The number of nitrogens with one attached hydrogen (secondary N) is 1. The number of phenols is 1. The van der Waals surface area contributed by atoms with E-state index in [0.29, 0.717) is 29.5 Å². The standard InChI is InChI=1S/C23H28N6O3/c1-4-32-22(31)16-13-20(28(3)15-16)18-7-8-24-23(25-18)26-19-14-17(5-6-21(19)30)29-11-9-27(2)10-12-29/h5-8,13-15,30H,4,9-12H2,1-3H3,(H,24,25,26). The molecule has 0 spiro atoms. The minimum atomic E-state index is -0.368. The highest BCUT2D eigenvalue weighted by atomic mass is 16.5. The van der Waals surface area contributed by atoms with Gasteiger partial charge in [0.15, 0.2) is 0 Å². The van der Waals surface area contributed by atoms with Gasteiger partial charge in [0.2, 0.25) is 5.95 Å². The van der Waals surface area contributed by atoms with E-state index in [1.165, 1.54) is 0 Å². The van der Waals surface area contributed by atoms with Gasteiger partial charge < -0.3 is 29.5 Å². The lowest BCUT2D eigenvalue weighted by atomic mass is 10.2. The van der Waals surface area contributed by atoms with Crippen LogP contribution in [0.2, 0.25) is 0 Å². The number of aryl methyl sites for hydroxylation is 1. The van der Waals surface area contributed by atoms with Crippen molar-refractivity contribution in [1.82, 2.24) is 19.4 Å². The summed E-state index contributed by atoms with van der Waals surface area (Å²) in [5.74, 6) is 0.111. The molecule has 1 aliphatic heterocycles. The highest BCUT2D eigenvalue weighted by molar-refractivity contribution is 5.90. The van der Waals surface area contributed by atoms with E-state index < -0.39 is 0 Å². The maximum absolute atomic E-state index is 12.1. The van der Waals surface area contributed by atoms with Crippen molar-refractivity contribution in [2.24, 2.45) is 7.05 Å². The zero-order valence-corrected chi connectivity index (χ0v) is 18.6. The molecule has 168 valence electrons. The van der Waals surface area contributed by atoms with Gasteiger partial charge >= 0.3 is 5.97 Å². The Bertz CT molecular complexity index is 1100. The molecule has 1 aliphatic rings. The summed E-state index contributed by atoms with van der Waals surface area (Å²) in [4.78, 5) is 25.5. The molecule has 1 fully saturated rings. The van der Waals surface area contributed by atoms with E-state index in [9.17, 15) is 9.90 Å². The number of ether oxygens (including phenoxy) is 1. The molecule has 1 aromatic carbocycles. The van der Waals surface area contributed by atoms with E-state index in [-0.39, 0.29) is 11.7 Å². The molecule has 0 unspecified atom stereocenters. The van der Waals surface area contributed by atoms with Crippen LogP contribution in [0.15, 0.2) is 42.7 Å². The Morgan fingerprint density at radius 3 is 2.69 bits per heavy atom. The monoisotopic (exact) mass is 436 g/mol. The number of hydrogen-bond acceptors (Lipinski definition) is 8. The zero-order chi connectivity index (χ0) is 22.7. The summed E-state index contributed by atoms with van der Waals surface area (Å²) < 4.78 is 6.91. The van der Waals surface area contributed by atoms with Crippen molar-refractivity contribution in [2.45, 2.75) is 6.92 Å². The maximum Gasteiger partial charge on any atom is 0.339 e. The van der Waals surface area contributed by atoms with Crippen molar-refractivity contribution in [3.63, 3.8) is 0 Å². The molecular weight excluding hydrogens is 408 g/mol. The summed E-state index contributed by atoms with van der Waals surface area (Å²) in [6, 6.07) is 9.04. The van der Waals surface area contributed by atoms with Gasteiger partial charge in [0, 0.05) is 51.3 Å². The lowest BCUT2D eigenvalue weighted by Crippen LogP contribution is -2.44. The number of nitrogens with zero attached hydrogens (tertiary/aromatic N) is 5. The number of esters is 1. The molecule has 32 heavy (non-hydrogen) atoms. The molecule has 2 aromatic heterocycles. The van der Waals surface area contributed by atoms with Crippen LogP contribution in [0, 0.1) is 0 Å². The lowest BCUT2D eigenvalue weighted by Gasteiger charge is -2.34. The molecule has 1 saturated heterocycles. The average Bonchev–Trinajstić information content (AvgIpc) is 3.18. The highest BCUT2D eigenvalue weighted by Crippen LogP contribution is 2.31. The average molecular weight is 437 g/mol. The van der Waals surface area contributed by atoms with Gasteiger partial charge in [-0.05, 0) is 44.3 Å². The number of piperazine rings is 1. The molecule has 0 atom stereocenters. The van der Waals surface area contributed by atoms with Gasteiger partial charge in [-0.15, -0.1) is 0 Å². The number of hydrogen-bond donors (Lipinski definition) is 2. The Morgan fingerprint density at radius 2 is 1.94 bits per heavy atom. The topological polar surface area (TPSA) is 95.8 Å². The second-order valence-corrected chi connectivity index (χ2v) is 7.83. The van der Waals surface area contributed by atoms with Gasteiger partial charge in [-0.25, -0.2) is 14.8 Å². The highest BCUT2D eigenvalue weighted by Gasteiger charge is 2.17. The Kier molecular flexibility index (Phi) is 6.27. The minimum Gasteiger partial charge on any atom is -0.506 e. The van der Waals surface area contributed by atoms with Crippen molar-refractivity contribution < 1.29 is 14.6 Å². The number of carbonyl (C=O) groups excluding carboxylic acids is 1. The smallest absolute Gasteiger partial charge is 0.339 e. The Balaban J connectivity index is 1.56. The third-order valence-electron chi connectivity index (χ3n) is 5.53. The Labute approximate surface area is 187 Å². The van der Waals surface area contributed by atoms with E-state index in [2.05, 4.69) is 32.1 Å². The van der Waals surface area contributed by atoms with E-state index in [0.717, 1.165) is 37.6 Å². The minimum absolute atomic E-state index is 0.125. The van der Waals surface area contributed by atoms with Crippen molar-refractivity contribution in [3.8, 4) is 17.1 Å². The van der Waals surface area contributed by atoms with Crippen molar-refractivity contribution in [2.75, 3.05) is 50.1 Å². The number of likely N-dealkylation sites (N-methyl/N-ethyl adjacent to an activating group) is 1. The molecule has 9 heteroatoms. The quantitative estimate of drug-likeness (QED) is 0.450. The molecule has 0 amide bonds. The molecule has 2 N–H and O–H groups in total. The van der Waals surface area contributed by atoms with Gasteiger partial charge in [-0.1, -0.05) is 0 Å². The summed E-state index contributed by atoms with van der Waals surface area (Å²) in [6.45, 7) is 5.96. The van der Waals surface area contributed by atoms with Crippen LogP contribution in [0.25, 0.3) is 11.4 Å². The number of aromatic nitrogens is 3. The molecule has 0 radical (unpaired) electrons. The predicted octanol–water partition coefficient (Wildman–Crippen LogP) is 2.86. The zero-order valence-electron chi connectivity index (χ0n) is 18.6. The molecule has 4 rings (SSSR count). The molecule has 3 heterocycles. The van der Waals surface area contributed by atoms with Crippen molar-refractivity contribution >= 4 is 23.3 Å². The fourth-order valence-corrected chi connectivity index (χ4v) is 3.71. The van der Waals surface area contributed by atoms with Crippen LogP contribution < -0.4 is 10.2 Å². The van der Waals surface area contributed by atoms with Crippen LogP contribution in [0.5, 0.6) is 5.75 Å². The van der Waals surface area contributed by atoms with E-state index in [4.69, 9.17) is 4.74 Å². The molecular formula is C23H28N6O3. The summed E-state index contributed by atoms with van der Waals surface area (Å²) in [6.07, 6.45) is 3.36.